The van der Waals surface area contributed by atoms with Crippen LogP contribution in [0.5, 0.6) is 11.5 Å². The first-order valence-corrected chi connectivity index (χ1v) is 10.1. The maximum atomic E-state index is 12.5. The monoisotopic (exact) mass is 427 g/mol. The highest BCUT2D eigenvalue weighted by Crippen LogP contribution is 2.28. The van der Waals surface area contributed by atoms with E-state index in [9.17, 15) is 13.2 Å². The number of carbonyl (C=O) groups excluding carboxylic acids is 1. The summed E-state index contributed by atoms with van der Waals surface area (Å²) in [4.78, 5) is 12.3. The lowest BCUT2D eigenvalue weighted by molar-refractivity contribution is 0.0992. The number of nitriles is 1. The van der Waals surface area contributed by atoms with Gasteiger partial charge in [0.05, 0.1) is 23.3 Å². The van der Waals surface area contributed by atoms with Gasteiger partial charge in [-0.3, -0.25) is 4.79 Å². The standard InChI is InChI=1S/C20H17N3O6S/c1-27-18-9-7-15(30(22,25)26)10-16(18)23-20(24)19-8-6-14(29-19)12-28-17-5-3-2-4-13(17)11-21/h2-10H,12H2,1H3,(H,23,24)(H2,22,25,26). The van der Waals surface area contributed by atoms with Crippen LogP contribution in [0.15, 0.2) is 63.9 Å². The molecule has 0 bridgehead atoms. The Labute approximate surface area is 172 Å². The van der Waals surface area contributed by atoms with Gasteiger partial charge < -0.3 is 19.2 Å². The Kier molecular flexibility index (Phi) is 6.06. The van der Waals surface area contributed by atoms with Gasteiger partial charge in [-0.15, -0.1) is 0 Å². The van der Waals surface area contributed by atoms with Crippen LogP contribution >= 0.6 is 0 Å². The maximum absolute atomic E-state index is 12.5. The van der Waals surface area contributed by atoms with Crippen LogP contribution in [-0.2, 0) is 16.6 Å². The average Bonchev–Trinajstić information content (AvgIpc) is 3.21. The number of furan rings is 1. The van der Waals surface area contributed by atoms with Crippen molar-refractivity contribution >= 4 is 21.6 Å². The number of para-hydroxylation sites is 1. The van der Waals surface area contributed by atoms with Crippen molar-refractivity contribution in [2.45, 2.75) is 11.5 Å². The van der Waals surface area contributed by atoms with Gasteiger partial charge in [0.25, 0.3) is 5.91 Å². The lowest BCUT2D eigenvalue weighted by Gasteiger charge is -2.10. The van der Waals surface area contributed by atoms with Crippen LogP contribution in [0.3, 0.4) is 0 Å². The maximum Gasteiger partial charge on any atom is 0.291 e. The predicted octanol–water partition coefficient (Wildman–Crippen LogP) is 2.64. The van der Waals surface area contributed by atoms with Gasteiger partial charge in [0, 0.05) is 0 Å². The van der Waals surface area contributed by atoms with Crippen molar-refractivity contribution in [1.29, 1.82) is 5.26 Å². The molecule has 0 unspecified atom stereocenters. The number of nitrogens with one attached hydrogen (secondary N) is 1. The minimum absolute atomic E-state index is 0.0101. The number of hydrogen-bond acceptors (Lipinski definition) is 7. The number of nitrogens with two attached hydrogens (primary N) is 1. The van der Waals surface area contributed by atoms with Crippen LogP contribution in [0.4, 0.5) is 5.69 Å². The SMILES string of the molecule is COc1ccc(S(N)(=O)=O)cc1NC(=O)c1ccc(COc2ccccc2C#N)o1. The number of anilines is 1. The van der Waals surface area contributed by atoms with Crippen LogP contribution in [0.2, 0.25) is 0 Å². The van der Waals surface area contributed by atoms with E-state index in [2.05, 4.69) is 5.32 Å². The van der Waals surface area contributed by atoms with E-state index >= 15 is 0 Å². The van der Waals surface area contributed by atoms with E-state index in [1.165, 1.54) is 31.4 Å². The van der Waals surface area contributed by atoms with E-state index in [4.69, 9.17) is 24.3 Å². The second-order valence-electron chi connectivity index (χ2n) is 6.02. The van der Waals surface area contributed by atoms with E-state index in [1.54, 1.807) is 30.3 Å². The van der Waals surface area contributed by atoms with Gasteiger partial charge in [-0.2, -0.15) is 5.26 Å². The fourth-order valence-electron chi connectivity index (χ4n) is 2.56. The zero-order valence-electron chi connectivity index (χ0n) is 15.8. The van der Waals surface area contributed by atoms with Crippen molar-refractivity contribution in [1.82, 2.24) is 0 Å². The number of ether oxygens (including phenoxy) is 2. The molecule has 1 amide bonds. The van der Waals surface area contributed by atoms with E-state index < -0.39 is 15.9 Å². The number of primary sulfonamides is 1. The Morgan fingerprint density at radius 1 is 1.17 bits per heavy atom. The van der Waals surface area contributed by atoms with E-state index in [-0.39, 0.29) is 28.7 Å². The summed E-state index contributed by atoms with van der Waals surface area (Å²) in [5.41, 5.74) is 0.495. The molecule has 10 heteroatoms. The van der Waals surface area contributed by atoms with Crippen LogP contribution in [0.25, 0.3) is 0 Å². The molecule has 0 aliphatic carbocycles. The second kappa shape index (κ2) is 8.69. The number of sulfonamides is 1. The molecule has 0 aliphatic rings. The molecule has 0 saturated heterocycles. The molecule has 0 atom stereocenters. The Bertz CT molecular complexity index is 1230. The molecule has 1 heterocycles. The zero-order chi connectivity index (χ0) is 21.7. The first-order valence-electron chi connectivity index (χ1n) is 8.54. The summed E-state index contributed by atoms with van der Waals surface area (Å²) in [5, 5.41) is 16.7. The second-order valence-corrected chi connectivity index (χ2v) is 7.59. The van der Waals surface area contributed by atoms with E-state index in [1.807, 2.05) is 6.07 Å². The highest BCUT2D eigenvalue weighted by Gasteiger charge is 2.17. The molecule has 2 aromatic carbocycles. The van der Waals surface area contributed by atoms with Crippen LogP contribution in [0.1, 0.15) is 21.9 Å². The molecule has 3 aromatic rings. The summed E-state index contributed by atoms with van der Waals surface area (Å²) in [5.74, 6) is 0.359. The molecule has 30 heavy (non-hydrogen) atoms. The van der Waals surface area contributed by atoms with Gasteiger partial charge in [0.15, 0.2) is 5.76 Å². The zero-order valence-corrected chi connectivity index (χ0v) is 16.6. The Morgan fingerprint density at radius 2 is 1.93 bits per heavy atom. The van der Waals surface area contributed by atoms with Crippen molar-refractivity contribution in [3.63, 3.8) is 0 Å². The summed E-state index contributed by atoms with van der Waals surface area (Å²) >= 11 is 0. The third kappa shape index (κ3) is 4.78. The Morgan fingerprint density at radius 3 is 2.63 bits per heavy atom. The number of methoxy groups -OCH3 is 1. The van der Waals surface area contributed by atoms with Crippen molar-refractivity contribution < 1.29 is 27.1 Å². The minimum Gasteiger partial charge on any atom is -0.495 e. The highest BCUT2D eigenvalue weighted by molar-refractivity contribution is 7.89. The first kappa shape index (κ1) is 20.9. The lowest BCUT2D eigenvalue weighted by atomic mass is 10.2. The number of rotatable bonds is 7. The lowest BCUT2D eigenvalue weighted by Crippen LogP contribution is -2.15. The van der Waals surface area contributed by atoms with Crippen LogP contribution < -0.4 is 19.9 Å². The van der Waals surface area contributed by atoms with Gasteiger partial charge in [0.2, 0.25) is 10.0 Å². The fourth-order valence-corrected chi connectivity index (χ4v) is 3.10. The Balaban J connectivity index is 1.73. The first-order chi connectivity index (χ1) is 14.3. The molecular weight excluding hydrogens is 410 g/mol. The van der Waals surface area contributed by atoms with Crippen LogP contribution in [-0.4, -0.2) is 21.4 Å². The molecule has 0 aliphatic heterocycles. The summed E-state index contributed by atoms with van der Waals surface area (Å²) in [6.07, 6.45) is 0. The average molecular weight is 427 g/mol. The summed E-state index contributed by atoms with van der Waals surface area (Å²) in [6, 6.07) is 15.6. The van der Waals surface area contributed by atoms with Gasteiger partial charge in [0.1, 0.15) is 29.9 Å². The summed E-state index contributed by atoms with van der Waals surface area (Å²) in [6.45, 7) is 0.0101. The van der Waals surface area contributed by atoms with Gasteiger partial charge in [-0.25, -0.2) is 13.6 Å². The molecule has 3 N–H and O–H groups in total. The van der Waals surface area contributed by atoms with Crippen molar-refractivity contribution in [3.8, 4) is 17.6 Å². The smallest absolute Gasteiger partial charge is 0.291 e. The third-order valence-electron chi connectivity index (χ3n) is 4.01. The Hall–Kier alpha value is -3.81. The van der Waals surface area contributed by atoms with Crippen molar-refractivity contribution in [3.05, 3.63) is 71.7 Å². The topological polar surface area (TPSA) is 145 Å². The predicted molar refractivity (Wildman–Crippen MR) is 107 cm³/mol. The van der Waals surface area contributed by atoms with Crippen molar-refractivity contribution in [2.24, 2.45) is 5.14 Å². The number of nitrogens with zero attached hydrogens (tertiary/aromatic N) is 1. The molecule has 1 aromatic heterocycles. The van der Waals surface area contributed by atoms with Crippen molar-refractivity contribution in [2.75, 3.05) is 12.4 Å². The van der Waals surface area contributed by atoms with Gasteiger partial charge in [-0.1, -0.05) is 12.1 Å². The molecule has 0 spiro atoms. The molecular formula is C20H17N3O6S. The molecule has 154 valence electrons. The minimum atomic E-state index is -3.96. The molecule has 3 rings (SSSR count). The summed E-state index contributed by atoms with van der Waals surface area (Å²) < 4.78 is 39.3. The number of carbonyl (C=O) groups is 1. The molecule has 0 radical (unpaired) electrons. The van der Waals surface area contributed by atoms with Gasteiger partial charge in [-0.05, 0) is 42.5 Å². The molecule has 0 saturated carbocycles. The number of benzene rings is 2. The summed E-state index contributed by atoms with van der Waals surface area (Å²) in [7, 11) is -2.58. The quantitative estimate of drug-likeness (QED) is 0.589. The van der Waals surface area contributed by atoms with Gasteiger partial charge >= 0.3 is 0 Å². The molecule has 0 fully saturated rings. The number of hydrogen-bond donors (Lipinski definition) is 2. The fraction of sp³-hybridized carbons (Fsp3) is 0.100. The van der Waals surface area contributed by atoms with E-state index in [0.717, 1.165) is 0 Å². The molecule has 9 nitrogen and oxygen atoms in total. The number of amides is 1. The third-order valence-corrected chi connectivity index (χ3v) is 4.92. The van der Waals surface area contributed by atoms with Crippen LogP contribution in [0, 0.1) is 11.3 Å². The largest absolute Gasteiger partial charge is 0.495 e. The normalized spacial score (nSPS) is 10.8. The van der Waals surface area contributed by atoms with E-state index in [0.29, 0.717) is 17.1 Å². The highest BCUT2D eigenvalue weighted by atomic mass is 32.2.